The molecule has 0 aromatic carbocycles. The van der Waals surface area contributed by atoms with Crippen LogP contribution in [0.25, 0.3) is 0 Å². The van der Waals surface area contributed by atoms with Crippen LogP contribution < -0.4 is 0 Å². The number of hydrogen-bond acceptors (Lipinski definition) is 6. The van der Waals surface area contributed by atoms with E-state index in [0.29, 0.717) is 19.3 Å². The molecule has 0 aromatic rings. The van der Waals surface area contributed by atoms with Crippen molar-refractivity contribution in [2.45, 2.75) is 297 Å². The molecule has 6 heteroatoms. The molecule has 0 fully saturated rings. The first-order chi connectivity index (χ1) is 30.0. The van der Waals surface area contributed by atoms with Crippen molar-refractivity contribution in [3.8, 4) is 0 Å². The van der Waals surface area contributed by atoms with E-state index in [4.69, 9.17) is 14.2 Å². The molecule has 0 aliphatic heterocycles. The molecule has 0 saturated carbocycles. The van der Waals surface area contributed by atoms with Gasteiger partial charge in [-0.3, -0.25) is 14.4 Å². The second-order valence-electron chi connectivity index (χ2n) is 18.1. The van der Waals surface area contributed by atoms with E-state index in [1.807, 2.05) is 0 Å². The maximum absolute atomic E-state index is 12.8. The van der Waals surface area contributed by atoms with E-state index >= 15 is 0 Å². The molecule has 0 radical (unpaired) electrons. The van der Waals surface area contributed by atoms with E-state index < -0.39 is 6.10 Å². The van der Waals surface area contributed by atoms with Gasteiger partial charge in [-0.05, 0) is 70.6 Å². The minimum absolute atomic E-state index is 0.0717. The predicted octanol–water partition coefficient (Wildman–Crippen LogP) is 17.5. The van der Waals surface area contributed by atoms with E-state index in [1.54, 1.807) is 0 Å². The average Bonchev–Trinajstić information content (AvgIpc) is 3.26. The molecule has 0 N–H and O–H groups in total. The zero-order valence-electron chi connectivity index (χ0n) is 40.9. The molecular weight excluding hydrogens is 757 g/mol. The first-order valence-corrected chi connectivity index (χ1v) is 26.8. The van der Waals surface area contributed by atoms with E-state index in [2.05, 4.69) is 45.1 Å². The summed E-state index contributed by atoms with van der Waals surface area (Å²) in [4.78, 5) is 38.0. The van der Waals surface area contributed by atoms with Crippen LogP contribution in [0.3, 0.4) is 0 Å². The lowest BCUT2D eigenvalue weighted by atomic mass is 10.0. The van der Waals surface area contributed by atoms with Gasteiger partial charge in [0.1, 0.15) is 13.2 Å². The van der Waals surface area contributed by atoms with Crippen molar-refractivity contribution in [3.05, 3.63) is 24.3 Å². The van der Waals surface area contributed by atoms with Gasteiger partial charge in [-0.2, -0.15) is 0 Å². The van der Waals surface area contributed by atoms with Crippen LogP contribution in [-0.4, -0.2) is 37.2 Å². The van der Waals surface area contributed by atoms with Crippen molar-refractivity contribution >= 4 is 17.9 Å². The molecule has 0 amide bonds. The van der Waals surface area contributed by atoms with Gasteiger partial charge in [0.05, 0.1) is 0 Å². The van der Waals surface area contributed by atoms with Gasteiger partial charge in [-0.1, -0.05) is 225 Å². The maximum Gasteiger partial charge on any atom is 0.306 e. The molecule has 0 rings (SSSR count). The van der Waals surface area contributed by atoms with Crippen molar-refractivity contribution in [2.24, 2.45) is 0 Å². The molecule has 0 saturated heterocycles. The summed E-state index contributed by atoms with van der Waals surface area (Å²) in [6.45, 7) is 6.64. The Hall–Kier alpha value is -2.11. The van der Waals surface area contributed by atoms with E-state index in [9.17, 15) is 14.4 Å². The van der Waals surface area contributed by atoms with Crippen LogP contribution in [0.4, 0.5) is 0 Å². The van der Waals surface area contributed by atoms with Crippen molar-refractivity contribution in [3.63, 3.8) is 0 Å². The first-order valence-electron chi connectivity index (χ1n) is 26.8. The third-order valence-electron chi connectivity index (χ3n) is 11.9. The highest BCUT2D eigenvalue weighted by Gasteiger charge is 2.19. The molecule has 0 bridgehead atoms. The number of esters is 3. The van der Waals surface area contributed by atoms with Crippen molar-refractivity contribution in [1.82, 2.24) is 0 Å². The molecular formula is C55H102O6. The Bertz CT molecular complexity index is 989. The molecule has 0 aliphatic carbocycles. The molecule has 0 unspecified atom stereocenters. The Balaban J connectivity index is 4.35. The topological polar surface area (TPSA) is 78.9 Å². The van der Waals surface area contributed by atoms with Gasteiger partial charge in [0.25, 0.3) is 0 Å². The largest absolute Gasteiger partial charge is 0.462 e. The van der Waals surface area contributed by atoms with Crippen LogP contribution in [0.15, 0.2) is 24.3 Å². The lowest BCUT2D eigenvalue weighted by molar-refractivity contribution is -0.167. The first kappa shape index (κ1) is 58.9. The van der Waals surface area contributed by atoms with Crippen LogP contribution in [0.1, 0.15) is 290 Å². The molecule has 0 spiro atoms. The Morgan fingerprint density at radius 3 is 0.836 bits per heavy atom. The summed E-state index contributed by atoms with van der Waals surface area (Å²) in [5.41, 5.74) is 0. The summed E-state index contributed by atoms with van der Waals surface area (Å²) >= 11 is 0. The number of carbonyl (C=O) groups is 3. The quantitative estimate of drug-likeness (QED) is 0.0262. The van der Waals surface area contributed by atoms with Crippen LogP contribution in [0, 0.1) is 0 Å². The molecule has 0 heterocycles. The smallest absolute Gasteiger partial charge is 0.306 e. The molecule has 358 valence electrons. The second kappa shape index (κ2) is 50.5. The Labute approximate surface area is 379 Å². The minimum atomic E-state index is -0.772. The standard InChI is InChI=1S/C55H102O6/c1-4-7-10-13-16-19-22-25-26-27-28-31-34-37-40-43-46-49-55(58)61-52(50-59-53(56)47-44-41-38-35-32-29-23-20-17-14-11-8-5-2)51-60-54(57)48-45-42-39-36-33-30-24-21-18-15-12-9-6-3/h20,23,25-26,52H,4-19,21-22,24,27-51H2,1-3H3/b23-20-,26-25-/t52-/m1/s1. The summed E-state index contributed by atoms with van der Waals surface area (Å²) in [6, 6.07) is 0. The number of unbranched alkanes of at least 4 members (excludes halogenated alkanes) is 34. The van der Waals surface area contributed by atoms with Crippen molar-refractivity contribution < 1.29 is 28.6 Å². The summed E-state index contributed by atoms with van der Waals surface area (Å²) in [7, 11) is 0. The van der Waals surface area contributed by atoms with E-state index in [1.165, 1.54) is 186 Å². The molecule has 61 heavy (non-hydrogen) atoms. The van der Waals surface area contributed by atoms with Crippen LogP contribution in [-0.2, 0) is 28.6 Å². The maximum atomic E-state index is 12.8. The van der Waals surface area contributed by atoms with Gasteiger partial charge in [0, 0.05) is 19.3 Å². The Kier molecular flexibility index (Phi) is 48.8. The van der Waals surface area contributed by atoms with Gasteiger partial charge in [0.15, 0.2) is 6.10 Å². The number of carbonyl (C=O) groups excluding carboxylic acids is 3. The van der Waals surface area contributed by atoms with Crippen LogP contribution in [0.5, 0.6) is 0 Å². The zero-order valence-corrected chi connectivity index (χ0v) is 40.9. The normalized spacial score (nSPS) is 12.1. The number of rotatable bonds is 49. The monoisotopic (exact) mass is 859 g/mol. The van der Waals surface area contributed by atoms with Gasteiger partial charge < -0.3 is 14.2 Å². The highest BCUT2D eigenvalue weighted by molar-refractivity contribution is 5.71. The Morgan fingerprint density at radius 2 is 0.541 bits per heavy atom. The third-order valence-corrected chi connectivity index (χ3v) is 11.9. The highest BCUT2D eigenvalue weighted by Crippen LogP contribution is 2.16. The lowest BCUT2D eigenvalue weighted by Gasteiger charge is -2.18. The molecule has 6 nitrogen and oxygen atoms in total. The van der Waals surface area contributed by atoms with E-state index in [-0.39, 0.29) is 31.1 Å². The number of ether oxygens (including phenoxy) is 3. The summed E-state index contributed by atoms with van der Waals surface area (Å²) < 4.78 is 16.8. The van der Waals surface area contributed by atoms with Gasteiger partial charge in [-0.15, -0.1) is 0 Å². The van der Waals surface area contributed by atoms with Gasteiger partial charge in [0.2, 0.25) is 0 Å². The number of allylic oxidation sites excluding steroid dienone is 4. The average molecular weight is 859 g/mol. The lowest BCUT2D eigenvalue weighted by Crippen LogP contribution is -2.30. The SMILES string of the molecule is CCCCCC/C=C\CCCCCCCC(=O)OC[C@H](COC(=O)CCCCCCCCCCCCCCC)OC(=O)CCCCCCCCC/C=C\CCCCCCCC. The second-order valence-corrected chi connectivity index (χ2v) is 18.1. The van der Waals surface area contributed by atoms with Gasteiger partial charge >= 0.3 is 17.9 Å². The third kappa shape index (κ3) is 48.8. The van der Waals surface area contributed by atoms with Crippen molar-refractivity contribution in [2.75, 3.05) is 13.2 Å². The fraction of sp³-hybridized carbons (Fsp3) is 0.873. The fourth-order valence-corrected chi connectivity index (χ4v) is 7.84. The van der Waals surface area contributed by atoms with Crippen molar-refractivity contribution in [1.29, 1.82) is 0 Å². The van der Waals surface area contributed by atoms with Gasteiger partial charge in [-0.25, -0.2) is 0 Å². The molecule has 0 aromatic heterocycles. The van der Waals surface area contributed by atoms with E-state index in [0.717, 1.165) is 64.2 Å². The molecule has 0 aliphatic rings. The summed E-state index contributed by atoms with van der Waals surface area (Å²) in [5, 5.41) is 0. The Morgan fingerprint density at radius 1 is 0.311 bits per heavy atom. The summed E-state index contributed by atoms with van der Waals surface area (Å²) in [6.07, 6.45) is 57.3. The minimum Gasteiger partial charge on any atom is -0.462 e. The fourth-order valence-electron chi connectivity index (χ4n) is 7.84. The van der Waals surface area contributed by atoms with Crippen LogP contribution in [0.2, 0.25) is 0 Å². The summed E-state index contributed by atoms with van der Waals surface area (Å²) in [5.74, 6) is -0.871. The number of hydrogen-bond donors (Lipinski definition) is 0. The molecule has 1 atom stereocenters. The van der Waals surface area contributed by atoms with Crippen LogP contribution >= 0.6 is 0 Å². The highest BCUT2D eigenvalue weighted by atomic mass is 16.6. The predicted molar refractivity (Wildman–Crippen MR) is 261 cm³/mol. The zero-order chi connectivity index (χ0) is 44.4.